The van der Waals surface area contributed by atoms with Crippen LogP contribution >= 0.6 is 23.2 Å². The maximum absolute atomic E-state index is 12.2. The summed E-state index contributed by atoms with van der Waals surface area (Å²) in [5, 5.41) is 7.01. The summed E-state index contributed by atoms with van der Waals surface area (Å²) >= 11 is 11.7. The van der Waals surface area contributed by atoms with Crippen molar-refractivity contribution >= 4 is 33.2 Å². The van der Waals surface area contributed by atoms with Gasteiger partial charge >= 0.3 is 0 Å². The van der Waals surface area contributed by atoms with Crippen LogP contribution in [0.3, 0.4) is 0 Å². The zero-order chi connectivity index (χ0) is 14.8. The van der Waals surface area contributed by atoms with Gasteiger partial charge in [0.05, 0.1) is 22.3 Å². The Labute approximate surface area is 126 Å². The Morgan fingerprint density at radius 1 is 1.30 bits per heavy atom. The van der Waals surface area contributed by atoms with Crippen molar-refractivity contribution in [3.05, 3.63) is 46.0 Å². The summed E-state index contributed by atoms with van der Waals surface area (Å²) in [4.78, 5) is 3.89. The van der Waals surface area contributed by atoms with Gasteiger partial charge in [-0.3, -0.25) is 5.10 Å². The van der Waals surface area contributed by atoms with Crippen LogP contribution in [0.4, 0.5) is 0 Å². The van der Waals surface area contributed by atoms with Crippen LogP contribution in [0.15, 0.2) is 24.5 Å². The zero-order valence-corrected chi connectivity index (χ0v) is 12.9. The van der Waals surface area contributed by atoms with E-state index in [1.54, 1.807) is 18.2 Å². The van der Waals surface area contributed by atoms with Crippen molar-refractivity contribution in [1.29, 1.82) is 0 Å². The van der Waals surface area contributed by atoms with E-state index in [-0.39, 0.29) is 12.3 Å². The summed E-state index contributed by atoms with van der Waals surface area (Å²) in [6.07, 6.45) is 1.33. The number of hydrogen-bond acceptors (Lipinski definition) is 4. The maximum atomic E-state index is 12.2. The van der Waals surface area contributed by atoms with Crippen LogP contribution in [0.1, 0.15) is 11.4 Å². The lowest BCUT2D eigenvalue weighted by Crippen LogP contribution is -2.28. The minimum Gasteiger partial charge on any atom is -0.262 e. The molecule has 9 heteroatoms. The van der Waals surface area contributed by atoms with E-state index in [1.807, 2.05) is 0 Å². The Balaban J connectivity index is 2.11. The van der Waals surface area contributed by atoms with Crippen LogP contribution in [0.2, 0.25) is 10.0 Å². The van der Waals surface area contributed by atoms with Gasteiger partial charge in [-0.25, -0.2) is 13.4 Å². The van der Waals surface area contributed by atoms with Gasteiger partial charge in [0.25, 0.3) is 0 Å². The first kappa shape index (κ1) is 15.2. The third kappa shape index (κ3) is 3.69. The van der Waals surface area contributed by atoms with Crippen LogP contribution in [0.25, 0.3) is 0 Å². The van der Waals surface area contributed by atoms with Crippen LogP contribution in [0.5, 0.6) is 0 Å². The lowest BCUT2D eigenvalue weighted by atomic mass is 10.2. The lowest BCUT2D eigenvalue weighted by molar-refractivity contribution is 0.456. The van der Waals surface area contributed by atoms with Crippen LogP contribution in [0, 0.1) is 0 Å². The highest BCUT2D eigenvalue weighted by Crippen LogP contribution is 2.24. The van der Waals surface area contributed by atoms with Gasteiger partial charge < -0.3 is 0 Å². The quantitative estimate of drug-likeness (QED) is 0.907. The fourth-order valence-electron chi connectivity index (χ4n) is 1.57. The summed E-state index contributed by atoms with van der Waals surface area (Å²) in [7, 11) is -1.99. The number of benzene rings is 1. The Bertz CT molecular complexity index is 688. The average Bonchev–Trinajstić information content (AvgIpc) is 2.86. The third-order valence-corrected chi connectivity index (χ3v) is 5.16. The first-order chi connectivity index (χ1) is 9.38. The van der Waals surface area contributed by atoms with Crippen molar-refractivity contribution < 1.29 is 8.42 Å². The van der Waals surface area contributed by atoms with Gasteiger partial charge in [-0.2, -0.15) is 9.40 Å². The van der Waals surface area contributed by atoms with Gasteiger partial charge in [-0.15, -0.1) is 0 Å². The molecule has 1 heterocycles. The molecular formula is C11H12Cl2N4O2S. The van der Waals surface area contributed by atoms with Gasteiger partial charge in [0.1, 0.15) is 12.2 Å². The Morgan fingerprint density at radius 3 is 2.65 bits per heavy atom. The van der Waals surface area contributed by atoms with Crippen LogP contribution in [-0.2, 0) is 22.3 Å². The SMILES string of the molecule is CN(Cc1ncn[nH]1)S(=O)(=O)Cc1ccc(Cl)c(Cl)c1. The monoisotopic (exact) mass is 334 g/mol. The summed E-state index contributed by atoms with van der Waals surface area (Å²) in [6.45, 7) is 0.129. The van der Waals surface area contributed by atoms with E-state index in [1.165, 1.54) is 17.7 Å². The molecule has 2 aromatic rings. The number of rotatable bonds is 5. The second kappa shape index (κ2) is 6.09. The van der Waals surface area contributed by atoms with Gasteiger partial charge in [-0.05, 0) is 17.7 Å². The summed E-state index contributed by atoms with van der Waals surface area (Å²) in [5.74, 6) is 0.319. The highest BCUT2D eigenvalue weighted by atomic mass is 35.5. The molecule has 1 aromatic carbocycles. The summed E-state index contributed by atoms with van der Waals surface area (Å²) in [5.41, 5.74) is 0.573. The van der Waals surface area contributed by atoms with E-state index >= 15 is 0 Å². The Kier molecular flexibility index (Phi) is 4.64. The Morgan fingerprint density at radius 2 is 2.05 bits per heavy atom. The van der Waals surface area contributed by atoms with E-state index in [0.29, 0.717) is 21.4 Å². The number of aromatic amines is 1. The molecule has 0 aliphatic heterocycles. The molecule has 0 aliphatic carbocycles. The number of hydrogen-bond donors (Lipinski definition) is 1. The molecule has 0 aliphatic rings. The molecule has 2 rings (SSSR count). The van der Waals surface area contributed by atoms with Crippen molar-refractivity contribution in [2.45, 2.75) is 12.3 Å². The lowest BCUT2D eigenvalue weighted by Gasteiger charge is -2.15. The molecule has 0 spiro atoms. The molecule has 0 saturated heterocycles. The minimum absolute atomic E-state index is 0.129. The van der Waals surface area contributed by atoms with Crippen molar-refractivity contribution in [2.24, 2.45) is 0 Å². The van der Waals surface area contributed by atoms with Gasteiger partial charge in [-0.1, -0.05) is 29.3 Å². The number of nitrogens with zero attached hydrogens (tertiary/aromatic N) is 3. The van der Waals surface area contributed by atoms with Gasteiger partial charge in [0.15, 0.2) is 0 Å². The van der Waals surface area contributed by atoms with Gasteiger partial charge in [0, 0.05) is 7.05 Å². The predicted octanol–water partition coefficient (Wildman–Crippen LogP) is 2.07. The standard InChI is InChI=1S/C11H12Cl2N4O2S/c1-17(5-11-14-7-15-16-11)20(18,19)6-8-2-3-9(12)10(13)4-8/h2-4,7H,5-6H2,1H3,(H,14,15,16). The average molecular weight is 335 g/mol. The second-order valence-corrected chi connectivity index (χ2v) is 7.08. The number of nitrogens with one attached hydrogen (secondary N) is 1. The fraction of sp³-hybridized carbons (Fsp3) is 0.273. The van der Waals surface area contributed by atoms with E-state index in [4.69, 9.17) is 23.2 Å². The second-order valence-electron chi connectivity index (χ2n) is 4.19. The number of sulfonamides is 1. The molecule has 108 valence electrons. The largest absolute Gasteiger partial charge is 0.262 e. The molecule has 0 bridgehead atoms. The predicted molar refractivity (Wildman–Crippen MR) is 76.9 cm³/mol. The van der Waals surface area contributed by atoms with Crippen molar-refractivity contribution in [3.8, 4) is 0 Å². The summed E-state index contributed by atoms with van der Waals surface area (Å²) < 4.78 is 25.6. The van der Waals surface area contributed by atoms with Crippen LogP contribution < -0.4 is 0 Å². The molecule has 1 N–H and O–H groups in total. The molecule has 0 unspecified atom stereocenters. The minimum atomic E-state index is -3.48. The van der Waals surface area contributed by atoms with E-state index in [0.717, 1.165) is 0 Å². The van der Waals surface area contributed by atoms with Crippen LogP contribution in [-0.4, -0.2) is 35.0 Å². The van der Waals surface area contributed by atoms with E-state index in [9.17, 15) is 8.42 Å². The molecule has 0 fully saturated rings. The third-order valence-electron chi connectivity index (χ3n) is 2.65. The molecule has 20 heavy (non-hydrogen) atoms. The summed E-state index contributed by atoms with van der Waals surface area (Å²) in [6, 6.07) is 4.75. The van der Waals surface area contributed by atoms with Crippen molar-refractivity contribution in [2.75, 3.05) is 7.05 Å². The zero-order valence-electron chi connectivity index (χ0n) is 10.5. The molecule has 0 atom stereocenters. The normalized spacial score (nSPS) is 12.0. The van der Waals surface area contributed by atoms with Crippen molar-refractivity contribution in [1.82, 2.24) is 19.5 Å². The number of halogens is 2. The first-order valence-corrected chi connectivity index (χ1v) is 7.97. The number of aromatic nitrogens is 3. The smallest absolute Gasteiger partial charge is 0.218 e. The molecule has 0 saturated carbocycles. The van der Waals surface area contributed by atoms with E-state index in [2.05, 4.69) is 15.2 Å². The van der Waals surface area contributed by atoms with Gasteiger partial charge in [0.2, 0.25) is 10.0 Å². The molecule has 0 amide bonds. The topological polar surface area (TPSA) is 79.0 Å². The maximum Gasteiger partial charge on any atom is 0.218 e. The highest BCUT2D eigenvalue weighted by Gasteiger charge is 2.20. The fourth-order valence-corrected chi connectivity index (χ4v) is 3.03. The molecule has 0 radical (unpaired) electrons. The highest BCUT2D eigenvalue weighted by molar-refractivity contribution is 7.88. The molecule has 1 aromatic heterocycles. The number of H-pyrrole nitrogens is 1. The molecule has 6 nitrogen and oxygen atoms in total. The Hall–Kier alpha value is -1.15. The first-order valence-electron chi connectivity index (χ1n) is 5.60. The van der Waals surface area contributed by atoms with E-state index < -0.39 is 10.0 Å². The molecular weight excluding hydrogens is 323 g/mol. The van der Waals surface area contributed by atoms with Crippen molar-refractivity contribution in [3.63, 3.8) is 0 Å².